The Morgan fingerprint density at radius 3 is 2.65 bits per heavy atom. The molecule has 1 aliphatic heterocycles. The van der Waals surface area contributed by atoms with Crippen LogP contribution in [0.1, 0.15) is 45.4 Å². The van der Waals surface area contributed by atoms with Crippen molar-refractivity contribution < 1.29 is 13.9 Å². The zero-order chi connectivity index (χ0) is 21.6. The Bertz CT molecular complexity index is 877. The standard InChI is InChI=1S/C22H31FN6O2/c1-3-29-12-6-7-16(29)14-24-20-26-21(25-15-10-11-19(30-2)18(23)13-15)28-22(27-20)31-17-8-4-5-9-17/h10-11,13,16-17H,3-9,12,14H2,1-2H3,(H2,24,25,26,27,28). The summed E-state index contributed by atoms with van der Waals surface area (Å²) in [5.41, 5.74) is 0.523. The lowest BCUT2D eigenvalue weighted by Crippen LogP contribution is -2.35. The smallest absolute Gasteiger partial charge is 0.323 e. The van der Waals surface area contributed by atoms with Crippen LogP contribution in [0, 0.1) is 5.82 Å². The monoisotopic (exact) mass is 430 g/mol. The summed E-state index contributed by atoms with van der Waals surface area (Å²) < 4.78 is 25.1. The second kappa shape index (κ2) is 10.1. The minimum Gasteiger partial charge on any atom is -0.494 e. The maximum atomic E-state index is 14.1. The second-order valence-electron chi connectivity index (χ2n) is 8.07. The van der Waals surface area contributed by atoms with Crippen LogP contribution in [0.3, 0.4) is 0 Å². The first-order valence-electron chi connectivity index (χ1n) is 11.2. The molecule has 1 saturated heterocycles. The lowest BCUT2D eigenvalue weighted by Gasteiger charge is -2.23. The summed E-state index contributed by atoms with van der Waals surface area (Å²) in [5, 5.41) is 6.42. The van der Waals surface area contributed by atoms with E-state index in [9.17, 15) is 4.39 Å². The summed E-state index contributed by atoms with van der Waals surface area (Å²) in [4.78, 5) is 15.9. The van der Waals surface area contributed by atoms with Gasteiger partial charge in [-0.1, -0.05) is 6.92 Å². The van der Waals surface area contributed by atoms with Crippen molar-refractivity contribution in [1.29, 1.82) is 0 Å². The minimum atomic E-state index is -0.455. The van der Waals surface area contributed by atoms with Crippen LogP contribution in [0.25, 0.3) is 0 Å². The van der Waals surface area contributed by atoms with E-state index in [-0.39, 0.29) is 11.9 Å². The SMILES string of the molecule is CCN1CCCC1CNc1nc(Nc2ccc(OC)c(F)c2)nc(OC2CCCC2)n1. The minimum absolute atomic E-state index is 0.131. The van der Waals surface area contributed by atoms with E-state index in [4.69, 9.17) is 9.47 Å². The van der Waals surface area contributed by atoms with Gasteiger partial charge in [0, 0.05) is 24.3 Å². The summed E-state index contributed by atoms with van der Waals surface area (Å²) in [6.45, 7) is 5.11. The summed E-state index contributed by atoms with van der Waals surface area (Å²) in [6, 6.07) is 5.39. The normalized spacial score (nSPS) is 19.5. The first-order chi connectivity index (χ1) is 15.1. The summed E-state index contributed by atoms with van der Waals surface area (Å²) in [6.07, 6.45) is 6.84. The third-order valence-corrected chi connectivity index (χ3v) is 6.00. The maximum absolute atomic E-state index is 14.1. The van der Waals surface area contributed by atoms with Gasteiger partial charge in [0.1, 0.15) is 6.10 Å². The van der Waals surface area contributed by atoms with Crippen LogP contribution in [-0.4, -0.2) is 58.7 Å². The molecule has 31 heavy (non-hydrogen) atoms. The molecule has 1 saturated carbocycles. The number of hydrogen-bond donors (Lipinski definition) is 2. The van der Waals surface area contributed by atoms with Crippen molar-refractivity contribution >= 4 is 17.6 Å². The maximum Gasteiger partial charge on any atom is 0.323 e. The molecule has 0 radical (unpaired) electrons. The number of halogens is 1. The zero-order valence-electron chi connectivity index (χ0n) is 18.2. The van der Waals surface area contributed by atoms with Crippen molar-refractivity contribution in [3.05, 3.63) is 24.0 Å². The number of nitrogens with zero attached hydrogens (tertiary/aromatic N) is 4. The molecule has 0 spiro atoms. The average molecular weight is 431 g/mol. The number of rotatable bonds is 9. The fraction of sp³-hybridized carbons (Fsp3) is 0.591. The highest BCUT2D eigenvalue weighted by Crippen LogP contribution is 2.26. The number of hydrogen-bond acceptors (Lipinski definition) is 8. The molecule has 1 aromatic heterocycles. The van der Waals surface area contributed by atoms with Crippen molar-refractivity contribution in [3.63, 3.8) is 0 Å². The van der Waals surface area contributed by atoms with Gasteiger partial charge in [-0.25, -0.2) is 4.39 Å². The molecule has 2 aliphatic rings. The lowest BCUT2D eigenvalue weighted by atomic mass is 10.2. The van der Waals surface area contributed by atoms with Crippen molar-refractivity contribution in [2.75, 3.05) is 37.4 Å². The van der Waals surface area contributed by atoms with Crippen molar-refractivity contribution in [2.24, 2.45) is 0 Å². The predicted octanol–water partition coefficient (Wildman–Crippen LogP) is 3.98. The number of likely N-dealkylation sites (tertiary alicyclic amines) is 1. The molecule has 1 aliphatic carbocycles. The van der Waals surface area contributed by atoms with E-state index in [0.717, 1.165) is 51.7 Å². The van der Waals surface area contributed by atoms with E-state index in [2.05, 4.69) is 37.4 Å². The zero-order valence-corrected chi connectivity index (χ0v) is 18.2. The molecule has 9 heteroatoms. The molecule has 168 valence electrons. The van der Waals surface area contributed by atoms with Crippen LogP contribution in [0.2, 0.25) is 0 Å². The molecular formula is C22H31FN6O2. The highest BCUT2D eigenvalue weighted by atomic mass is 19.1. The molecule has 2 N–H and O–H groups in total. The summed E-state index contributed by atoms with van der Waals surface area (Å²) in [5.74, 6) is 0.505. The Hall–Kier alpha value is -2.68. The number of ether oxygens (including phenoxy) is 2. The van der Waals surface area contributed by atoms with Crippen LogP contribution in [0.4, 0.5) is 22.0 Å². The van der Waals surface area contributed by atoms with E-state index < -0.39 is 5.82 Å². The molecule has 0 amide bonds. The molecular weight excluding hydrogens is 399 g/mol. The largest absolute Gasteiger partial charge is 0.494 e. The van der Waals surface area contributed by atoms with Gasteiger partial charge in [0.05, 0.1) is 7.11 Å². The van der Waals surface area contributed by atoms with Crippen LogP contribution in [0.15, 0.2) is 18.2 Å². The van der Waals surface area contributed by atoms with Crippen molar-refractivity contribution in [3.8, 4) is 11.8 Å². The fourth-order valence-corrected chi connectivity index (χ4v) is 4.32. The first-order valence-corrected chi connectivity index (χ1v) is 11.2. The Labute approximate surface area is 182 Å². The number of benzene rings is 1. The van der Waals surface area contributed by atoms with Gasteiger partial charge in [0.15, 0.2) is 11.6 Å². The van der Waals surface area contributed by atoms with E-state index in [0.29, 0.717) is 29.6 Å². The highest BCUT2D eigenvalue weighted by Gasteiger charge is 2.23. The van der Waals surface area contributed by atoms with E-state index in [1.807, 2.05) is 0 Å². The summed E-state index contributed by atoms with van der Waals surface area (Å²) >= 11 is 0. The molecule has 2 aromatic rings. The molecule has 1 aromatic carbocycles. The topological polar surface area (TPSA) is 84.4 Å². The Morgan fingerprint density at radius 1 is 1.10 bits per heavy atom. The van der Waals surface area contributed by atoms with Crippen molar-refractivity contribution in [2.45, 2.75) is 57.6 Å². The molecule has 2 fully saturated rings. The van der Waals surface area contributed by atoms with Gasteiger partial charge in [-0.05, 0) is 63.7 Å². The van der Waals surface area contributed by atoms with Gasteiger partial charge in [-0.15, -0.1) is 0 Å². The molecule has 0 bridgehead atoms. The van der Waals surface area contributed by atoms with Gasteiger partial charge in [0.25, 0.3) is 0 Å². The number of nitrogens with one attached hydrogen (secondary N) is 2. The number of aromatic nitrogens is 3. The first kappa shape index (κ1) is 21.5. The highest BCUT2D eigenvalue weighted by molar-refractivity contribution is 5.56. The van der Waals surface area contributed by atoms with E-state index in [1.165, 1.54) is 19.6 Å². The molecule has 1 atom stereocenters. The quantitative estimate of drug-likeness (QED) is 0.618. The van der Waals surface area contributed by atoms with E-state index in [1.54, 1.807) is 12.1 Å². The van der Waals surface area contributed by atoms with Gasteiger partial charge in [0.2, 0.25) is 11.9 Å². The molecule has 4 rings (SSSR count). The molecule has 8 nitrogen and oxygen atoms in total. The Balaban J connectivity index is 1.51. The van der Waals surface area contributed by atoms with Crippen molar-refractivity contribution in [1.82, 2.24) is 19.9 Å². The molecule has 1 unspecified atom stereocenters. The second-order valence-corrected chi connectivity index (χ2v) is 8.07. The third-order valence-electron chi connectivity index (χ3n) is 6.00. The van der Waals surface area contributed by atoms with Crippen LogP contribution >= 0.6 is 0 Å². The van der Waals surface area contributed by atoms with Gasteiger partial charge in [-0.3, -0.25) is 4.90 Å². The van der Waals surface area contributed by atoms with Crippen LogP contribution in [0.5, 0.6) is 11.8 Å². The van der Waals surface area contributed by atoms with E-state index >= 15 is 0 Å². The van der Waals surface area contributed by atoms with Gasteiger partial charge in [-0.2, -0.15) is 15.0 Å². The third kappa shape index (κ3) is 5.52. The van der Waals surface area contributed by atoms with Gasteiger partial charge < -0.3 is 20.1 Å². The fourth-order valence-electron chi connectivity index (χ4n) is 4.32. The molecule has 2 heterocycles. The predicted molar refractivity (Wildman–Crippen MR) is 118 cm³/mol. The number of methoxy groups -OCH3 is 1. The van der Waals surface area contributed by atoms with Crippen LogP contribution < -0.4 is 20.1 Å². The Morgan fingerprint density at radius 2 is 1.90 bits per heavy atom. The van der Waals surface area contributed by atoms with Gasteiger partial charge >= 0.3 is 6.01 Å². The number of anilines is 3. The average Bonchev–Trinajstić information content (AvgIpc) is 3.44. The lowest BCUT2D eigenvalue weighted by molar-refractivity contribution is 0.192. The number of likely N-dealkylation sites (N-methyl/N-ethyl adjacent to an activating group) is 1. The Kier molecular flexibility index (Phi) is 7.01. The van der Waals surface area contributed by atoms with Crippen LogP contribution in [-0.2, 0) is 0 Å². The summed E-state index contributed by atoms with van der Waals surface area (Å²) in [7, 11) is 1.44.